The molecule has 0 atom stereocenters. The molecule has 3 amide bonds. The second-order valence-corrected chi connectivity index (χ2v) is 4.22. The summed E-state index contributed by atoms with van der Waals surface area (Å²) >= 11 is 0. The molecule has 0 saturated heterocycles. The fourth-order valence-electron chi connectivity index (χ4n) is 1.51. The normalized spacial score (nSPS) is 9.48. The zero-order valence-corrected chi connectivity index (χ0v) is 12.9. The van der Waals surface area contributed by atoms with E-state index in [9.17, 15) is 14.4 Å². The average Bonchev–Trinajstić information content (AvgIpc) is 2.57. The number of amides is 3. The van der Waals surface area contributed by atoms with E-state index in [0.717, 1.165) is 0 Å². The zero-order chi connectivity index (χ0) is 17.2. The largest absolute Gasteiger partial charge is 0.497 e. The third-order valence-corrected chi connectivity index (χ3v) is 2.58. The Morgan fingerprint density at radius 3 is 2.26 bits per heavy atom. The van der Waals surface area contributed by atoms with Gasteiger partial charge in [-0.15, -0.1) is 6.58 Å². The number of rotatable bonds is 7. The quantitative estimate of drug-likeness (QED) is 0.570. The fraction of sp³-hybridized carbons (Fsp3) is 0.267. The molecule has 0 heterocycles. The van der Waals surface area contributed by atoms with Crippen LogP contribution in [0.2, 0.25) is 0 Å². The highest BCUT2D eigenvalue weighted by molar-refractivity contribution is 5.97. The molecule has 0 bridgehead atoms. The summed E-state index contributed by atoms with van der Waals surface area (Å²) in [5, 5.41) is 4.35. The summed E-state index contributed by atoms with van der Waals surface area (Å²) in [6, 6.07) is 3.78. The lowest BCUT2D eigenvalue weighted by Crippen LogP contribution is -2.41. The third-order valence-electron chi connectivity index (χ3n) is 2.58. The van der Waals surface area contributed by atoms with Crippen LogP contribution in [0, 0.1) is 0 Å². The Morgan fingerprint density at radius 1 is 1.13 bits per heavy atom. The number of nitrogens with one attached hydrogen (secondary N) is 2. The van der Waals surface area contributed by atoms with Crippen molar-refractivity contribution in [3.05, 3.63) is 36.4 Å². The second kappa shape index (κ2) is 9.08. The van der Waals surface area contributed by atoms with Crippen LogP contribution in [0.1, 0.15) is 10.4 Å². The molecular formula is C15H18N2O6. The molecule has 0 radical (unpaired) electrons. The van der Waals surface area contributed by atoms with E-state index in [4.69, 9.17) is 14.2 Å². The van der Waals surface area contributed by atoms with Crippen LogP contribution in [-0.4, -0.2) is 45.3 Å². The molecule has 23 heavy (non-hydrogen) atoms. The van der Waals surface area contributed by atoms with E-state index in [2.05, 4.69) is 11.9 Å². The van der Waals surface area contributed by atoms with Crippen LogP contribution in [0.5, 0.6) is 11.5 Å². The summed E-state index contributed by atoms with van der Waals surface area (Å²) in [7, 11) is 2.89. The molecule has 0 unspecified atom stereocenters. The Bertz CT molecular complexity index is 577. The molecule has 8 nitrogen and oxygen atoms in total. The molecule has 8 heteroatoms. The Labute approximate surface area is 133 Å². The monoisotopic (exact) mass is 322 g/mol. The predicted molar refractivity (Wildman–Crippen MR) is 81.6 cm³/mol. The average molecular weight is 322 g/mol. The maximum atomic E-state index is 11.9. The third kappa shape index (κ3) is 6.08. The van der Waals surface area contributed by atoms with Gasteiger partial charge in [-0.05, 0) is 12.1 Å². The predicted octanol–water partition coefficient (Wildman–Crippen LogP) is 0.872. The highest BCUT2D eigenvalue weighted by Crippen LogP contribution is 2.22. The first kappa shape index (κ1) is 18.0. The smallest absolute Gasteiger partial charge is 0.338 e. The maximum absolute atomic E-state index is 11.9. The van der Waals surface area contributed by atoms with Gasteiger partial charge in [0, 0.05) is 12.6 Å². The molecule has 2 N–H and O–H groups in total. The van der Waals surface area contributed by atoms with Crippen molar-refractivity contribution >= 4 is 17.9 Å². The van der Waals surface area contributed by atoms with E-state index in [0.29, 0.717) is 11.5 Å². The number of imide groups is 1. The molecule has 1 aromatic carbocycles. The van der Waals surface area contributed by atoms with Gasteiger partial charge in [-0.3, -0.25) is 10.1 Å². The van der Waals surface area contributed by atoms with Gasteiger partial charge in [0.05, 0.1) is 19.8 Å². The Balaban J connectivity index is 2.58. The lowest BCUT2D eigenvalue weighted by atomic mass is 10.2. The van der Waals surface area contributed by atoms with Gasteiger partial charge < -0.3 is 19.5 Å². The van der Waals surface area contributed by atoms with Crippen LogP contribution in [0.4, 0.5) is 4.79 Å². The number of hydrogen-bond donors (Lipinski definition) is 2. The van der Waals surface area contributed by atoms with Crippen molar-refractivity contribution in [2.24, 2.45) is 0 Å². The van der Waals surface area contributed by atoms with Gasteiger partial charge in [0.25, 0.3) is 5.91 Å². The van der Waals surface area contributed by atoms with Crippen molar-refractivity contribution in [1.82, 2.24) is 10.6 Å². The zero-order valence-electron chi connectivity index (χ0n) is 12.9. The lowest BCUT2D eigenvalue weighted by molar-refractivity contribution is -0.123. The van der Waals surface area contributed by atoms with Crippen LogP contribution >= 0.6 is 0 Å². The summed E-state index contributed by atoms with van der Waals surface area (Å²) in [6.07, 6.45) is 1.46. The minimum atomic E-state index is -0.755. The van der Waals surface area contributed by atoms with E-state index in [1.165, 1.54) is 32.4 Å². The molecule has 0 saturated carbocycles. The number of methoxy groups -OCH3 is 2. The molecule has 1 rings (SSSR count). The molecule has 0 aliphatic heterocycles. The second-order valence-electron chi connectivity index (χ2n) is 4.22. The van der Waals surface area contributed by atoms with Crippen LogP contribution in [0.3, 0.4) is 0 Å². The van der Waals surface area contributed by atoms with E-state index in [1.54, 1.807) is 6.07 Å². The van der Waals surface area contributed by atoms with Crippen molar-refractivity contribution in [3.8, 4) is 11.5 Å². The van der Waals surface area contributed by atoms with Gasteiger partial charge >= 0.3 is 12.0 Å². The van der Waals surface area contributed by atoms with E-state index in [-0.39, 0.29) is 12.1 Å². The van der Waals surface area contributed by atoms with Crippen molar-refractivity contribution < 1.29 is 28.6 Å². The first-order valence-electron chi connectivity index (χ1n) is 6.59. The van der Waals surface area contributed by atoms with Crippen molar-refractivity contribution in [3.63, 3.8) is 0 Å². The number of carbonyl (C=O) groups is 3. The first-order valence-corrected chi connectivity index (χ1v) is 6.59. The van der Waals surface area contributed by atoms with Gasteiger partial charge in [0.1, 0.15) is 11.5 Å². The van der Waals surface area contributed by atoms with Crippen LogP contribution in [0.25, 0.3) is 0 Å². The highest BCUT2D eigenvalue weighted by atomic mass is 16.5. The van der Waals surface area contributed by atoms with Gasteiger partial charge in [-0.2, -0.15) is 0 Å². The molecule has 0 fully saturated rings. The molecule has 124 valence electrons. The Hall–Kier alpha value is -3.03. The number of carbonyl (C=O) groups excluding carboxylic acids is 3. The SMILES string of the molecule is C=CCNC(=O)NC(=O)COC(=O)c1cc(OC)cc(OC)c1. The number of hydrogen-bond acceptors (Lipinski definition) is 6. The van der Waals surface area contributed by atoms with Gasteiger partial charge in [0.15, 0.2) is 6.61 Å². The van der Waals surface area contributed by atoms with Gasteiger partial charge in [-0.1, -0.05) is 6.08 Å². The molecule has 0 aliphatic carbocycles. The Morgan fingerprint density at radius 2 is 1.74 bits per heavy atom. The molecule has 0 aromatic heterocycles. The fourth-order valence-corrected chi connectivity index (χ4v) is 1.51. The van der Waals surface area contributed by atoms with Crippen molar-refractivity contribution in [1.29, 1.82) is 0 Å². The Kier molecular flexibility index (Phi) is 7.12. The van der Waals surface area contributed by atoms with E-state index < -0.39 is 24.5 Å². The minimum absolute atomic E-state index is 0.158. The standard InChI is InChI=1S/C15H18N2O6/c1-4-5-16-15(20)17-13(18)9-23-14(19)10-6-11(21-2)8-12(7-10)22-3/h4,6-8H,1,5,9H2,2-3H3,(H2,16,17,18,20). The molecule has 0 spiro atoms. The highest BCUT2D eigenvalue weighted by Gasteiger charge is 2.14. The first-order chi connectivity index (χ1) is 11.0. The minimum Gasteiger partial charge on any atom is -0.497 e. The van der Waals surface area contributed by atoms with Crippen molar-refractivity contribution in [2.75, 3.05) is 27.4 Å². The van der Waals surface area contributed by atoms with Gasteiger partial charge in [0.2, 0.25) is 0 Å². The summed E-state index contributed by atoms with van der Waals surface area (Å²) in [4.78, 5) is 34.6. The lowest BCUT2D eigenvalue weighted by Gasteiger charge is -2.09. The number of benzene rings is 1. The van der Waals surface area contributed by atoms with E-state index >= 15 is 0 Å². The maximum Gasteiger partial charge on any atom is 0.338 e. The molecular weight excluding hydrogens is 304 g/mol. The number of ether oxygens (including phenoxy) is 3. The van der Waals surface area contributed by atoms with Gasteiger partial charge in [-0.25, -0.2) is 9.59 Å². The number of urea groups is 1. The molecule has 0 aliphatic rings. The topological polar surface area (TPSA) is 103 Å². The summed E-state index contributed by atoms with van der Waals surface area (Å²) in [5.74, 6) is -0.687. The van der Waals surface area contributed by atoms with Crippen LogP contribution in [-0.2, 0) is 9.53 Å². The number of esters is 1. The molecule has 1 aromatic rings. The van der Waals surface area contributed by atoms with Crippen LogP contribution in [0.15, 0.2) is 30.9 Å². The van der Waals surface area contributed by atoms with Crippen LogP contribution < -0.4 is 20.1 Å². The summed E-state index contributed by atoms with van der Waals surface area (Å²) in [5.41, 5.74) is 0.158. The summed E-state index contributed by atoms with van der Waals surface area (Å²) in [6.45, 7) is 3.03. The summed E-state index contributed by atoms with van der Waals surface area (Å²) < 4.78 is 14.9. The van der Waals surface area contributed by atoms with Crippen molar-refractivity contribution in [2.45, 2.75) is 0 Å². The van der Waals surface area contributed by atoms with E-state index in [1.807, 2.05) is 5.32 Å².